The van der Waals surface area contributed by atoms with Crippen molar-refractivity contribution in [2.75, 3.05) is 13.1 Å². The number of carboxylic acid groups (broad SMARTS) is 1. The van der Waals surface area contributed by atoms with Gasteiger partial charge in [0.05, 0.1) is 0 Å². The Morgan fingerprint density at radius 2 is 1.94 bits per heavy atom. The molecule has 0 saturated carbocycles. The van der Waals surface area contributed by atoms with Crippen LogP contribution in [0.25, 0.3) is 0 Å². The van der Waals surface area contributed by atoms with Gasteiger partial charge in [0.25, 0.3) is 5.91 Å². The highest BCUT2D eigenvalue weighted by molar-refractivity contribution is 5.95. The molecule has 0 aliphatic carbocycles. The largest absolute Gasteiger partial charge is 0.480 e. The lowest BCUT2D eigenvalue weighted by molar-refractivity contribution is -0.137. The maximum Gasteiger partial charge on any atom is 0.323 e. The second-order valence-corrected chi connectivity index (χ2v) is 3.23. The van der Waals surface area contributed by atoms with Gasteiger partial charge in [-0.15, -0.1) is 6.58 Å². The van der Waals surface area contributed by atoms with Gasteiger partial charge in [0, 0.05) is 12.1 Å². The molecule has 4 heteroatoms. The standard InChI is InChI=1S/C12H13NO3/c1-2-8-13(9-11(14)15)12(16)10-6-4-3-5-7-10/h2-7H,1,8-9H2,(H,14,15). The Hall–Kier alpha value is -2.10. The molecule has 0 heterocycles. The fourth-order valence-corrected chi connectivity index (χ4v) is 1.30. The van der Waals surface area contributed by atoms with Crippen LogP contribution in [0.1, 0.15) is 10.4 Å². The highest BCUT2D eigenvalue weighted by Crippen LogP contribution is 2.04. The maximum absolute atomic E-state index is 11.9. The normalized spacial score (nSPS) is 9.50. The first-order chi connectivity index (χ1) is 7.65. The van der Waals surface area contributed by atoms with E-state index in [9.17, 15) is 9.59 Å². The van der Waals surface area contributed by atoms with Crippen LogP contribution in [0.3, 0.4) is 0 Å². The minimum absolute atomic E-state index is 0.222. The van der Waals surface area contributed by atoms with Crippen LogP contribution in [0.4, 0.5) is 0 Å². The maximum atomic E-state index is 11.9. The molecule has 0 aliphatic heterocycles. The zero-order valence-corrected chi connectivity index (χ0v) is 8.80. The van der Waals surface area contributed by atoms with Crippen molar-refractivity contribution in [2.24, 2.45) is 0 Å². The smallest absolute Gasteiger partial charge is 0.323 e. The van der Waals surface area contributed by atoms with Crippen LogP contribution in [-0.2, 0) is 4.79 Å². The van der Waals surface area contributed by atoms with Crippen LogP contribution in [0.2, 0.25) is 0 Å². The summed E-state index contributed by atoms with van der Waals surface area (Å²) >= 11 is 0. The number of carbonyl (C=O) groups excluding carboxylic acids is 1. The van der Waals surface area contributed by atoms with Gasteiger partial charge in [-0.2, -0.15) is 0 Å². The molecule has 0 spiro atoms. The zero-order chi connectivity index (χ0) is 12.0. The molecule has 16 heavy (non-hydrogen) atoms. The summed E-state index contributed by atoms with van der Waals surface area (Å²) in [4.78, 5) is 23.7. The second-order valence-electron chi connectivity index (χ2n) is 3.23. The van der Waals surface area contributed by atoms with Gasteiger partial charge in [0.15, 0.2) is 0 Å². The third kappa shape index (κ3) is 3.24. The number of carbonyl (C=O) groups is 2. The van der Waals surface area contributed by atoms with Crippen LogP contribution in [0.15, 0.2) is 43.0 Å². The Labute approximate surface area is 93.8 Å². The van der Waals surface area contributed by atoms with E-state index >= 15 is 0 Å². The van der Waals surface area contributed by atoms with E-state index in [-0.39, 0.29) is 19.0 Å². The first-order valence-corrected chi connectivity index (χ1v) is 4.82. The summed E-state index contributed by atoms with van der Waals surface area (Å²) in [7, 11) is 0. The number of hydrogen-bond donors (Lipinski definition) is 1. The molecular formula is C12H13NO3. The van der Waals surface area contributed by atoms with Gasteiger partial charge in [-0.25, -0.2) is 0 Å². The van der Waals surface area contributed by atoms with Crippen molar-refractivity contribution in [1.29, 1.82) is 0 Å². The Balaban J connectivity index is 2.82. The lowest BCUT2D eigenvalue weighted by Gasteiger charge is -2.18. The van der Waals surface area contributed by atoms with E-state index < -0.39 is 5.97 Å². The van der Waals surface area contributed by atoms with Gasteiger partial charge in [-0.1, -0.05) is 24.3 Å². The Morgan fingerprint density at radius 3 is 2.44 bits per heavy atom. The van der Waals surface area contributed by atoms with E-state index in [1.165, 1.54) is 11.0 Å². The van der Waals surface area contributed by atoms with Gasteiger partial charge >= 0.3 is 5.97 Å². The van der Waals surface area contributed by atoms with E-state index in [0.717, 1.165) is 0 Å². The molecule has 0 unspecified atom stereocenters. The quantitative estimate of drug-likeness (QED) is 0.761. The van der Waals surface area contributed by atoms with Crippen LogP contribution >= 0.6 is 0 Å². The minimum Gasteiger partial charge on any atom is -0.480 e. The molecule has 1 rings (SSSR count). The molecule has 1 N–H and O–H groups in total. The average molecular weight is 219 g/mol. The molecule has 0 fully saturated rings. The van der Waals surface area contributed by atoms with Gasteiger partial charge in [-0.3, -0.25) is 9.59 Å². The number of rotatable bonds is 5. The SMILES string of the molecule is C=CCN(CC(=O)O)C(=O)c1ccccc1. The topological polar surface area (TPSA) is 57.6 Å². The summed E-state index contributed by atoms with van der Waals surface area (Å²) in [5.74, 6) is -1.34. The Bertz CT molecular complexity index is 387. The summed E-state index contributed by atoms with van der Waals surface area (Å²) in [6, 6.07) is 8.58. The number of amides is 1. The average Bonchev–Trinajstić information content (AvgIpc) is 2.28. The van der Waals surface area contributed by atoms with E-state index in [1.807, 2.05) is 0 Å². The third-order valence-electron chi connectivity index (χ3n) is 1.98. The summed E-state index contributed by atoms with van der Waals surface area (Å²) in [5.41, 5.74) is 0.477. The van der Waals surface area contributed by atoms with Crippen molar-refractivity contribution in [1.82, 2.24) is 4.90 Å². The number of nitrogens with zero attached hydrogens (tertiary/aromatic N) is 1. The molecule has 0 atom stereocenters. The second kappa shape index (κ2) is 5.70. The Morgan fingerprint density at radius 1 is 1.31 bits per heavy atom. The molecule has 1 aromatic rings. The molecule has 0 radical (unpaired) electrons. The molecule has 0 aromatic heterocycles. The summed E-state index contributed by atoms with van der Waals surface area (Å²) in [6.45, 7) is 3.40. The van der Waals surface area contributed by atoms with Crippen molar-refractivity contribution >= 4 is 11.9 Å². The molecular weight excluding hydrogens is 206 g/mol. The number of carboxylic acids is 1. The van der Waals surface area contributed by atoms with Gasteiger partial charge < -0.3 is 10.0 Å². The lowest BCUT2D eigenvalue weighted by atomic mass is 10.2. The number of hydrogen-bond acceptors (Lipinski definition) is 2. The number of aliphatic carboxylic acids is 1. The first-order valence-electron chi connectivity index (χ1n) is 4.82. The van der Waals surface area contributed by atoms with Gasteiger partial charge in [0.2, 0.25) is 0 Å². The van der Waals surface area contributed by atoms with Crippen LogP contribution in [0, 0.1) is 0 Å². The molecule has 84 valence electrons. The van der Waals surface area contributed by atoms with Crippen LogP contribution in [0.5, 0.6) is 0 Å². The monoisotopic (exact) mass is 219 g/mol. The summed E-state index contributed by atoms with van der Waals surface area (Å²) < 4.78 is 0. The predicted octanol–water partition coefficient (Wildman–Crippen LogP) is 1.40. The van der Waals surface area contributed by atoms with Crippen LogP contribution < -0.4 is 0 Å². The highest BCUT2D eigenvalue weighted by atomic mass is 16.4. The van der Waals surface area contributed by atoms with E-state index in [0.29, 0.717) is 5.56 Å². The first kappa shape index (κ1) is 12.0. The molecule has 1 aromatic carbocycles. The fourth-order valence-electron chi connectivity index (χ4n) is 1.30. The summed E-state index contributed by atoms with van der Waals surface area (Å²) in [6.07, 6.45) is 1.50. The highest BCUT2D eigenvalue weighted by Gasteiger charge is 2.16. The molecule has 4 nitrogen and oxygen atoms in total. The van der Waals surface area contributed by atoms with Gasteiger partial charge in [-0.05, 0) is 12.1 Å². The zero-order valence-electron chi connectivity index (χ0n) is 8.80. The number of benzene rings is 1. The predicted molar refractivity (Wildman–Crippen MR) is 60.2 cm³/mol. The molecule has 0 aliphatic rings. The minimum atomic E-state index is -1.04. The molecule has 0 saturated heterocycles. The van der Waals surface area contributed by atoms with Gasteiger partial charge in [0.1, 0.15) is 6.54 Å². The van der Waals surface area contributed by atoms with Crippen LogP contribution in [-0.4, -0.2) is 35.0 Å². The lowest BCUT2D eigenvalue weighted by Crippen LogP contribution is -2.35. The van der Waals surface area contributed by atoms with E-state index in [2.05, 4.69) is 6.58 Å². The van der Waals surface area contributed by atoms with Crippen molar-refractivity contribution in [3.05, 3.63) is 48.6 Å². The van der Waals surface area contributed by atoms with Crippen molar-refractivity contribution in [3.63, 3.8) is 0 Å². The fraction of sp³-hybridized carbons (Fsp3) is 0.167. The molecule has 0 bridgehead atoms. The third-order valence-corrected chi connectivity index (χ3v) is 1.98. The van der Waals surface area contributed by atoms with Crippen molar-refractivity contribution < 1.29 is 14.7 Å². The Kier molecular flexibility index (Phi) is 4.27. The van der Waals surface area contributed by atoms with Crippen molar-refractivity contribution in [2.45, 2.75) is 0 Å². The van der Waals surface area contributed by atoms with Crippen molar-refractivity contribution in [3.8, 4) is 0 Å². The van der Waals surface area contributed by atoms with E-state index in [4.69, 9.17) is 5.11 Å². The summed E-state index contributed by atoms with van der Waals surface area (Å²) in [5, 5.41) is 8.68. The molecule has 1 amide bonds. The van der Waals surface area contributed by atoms with E-state index in [1.54, 1.807) is 30.3 Å².